The van der Waals surface area contributed by atoms with Crippen LogP contribution in [0.1, 0.15) is 17.3 Å². The van der Waals surface area contributed by atoms with Crippen LogP contribution in [0, 0.1) is 5.82 Å². The van der Waals surface area contributed by atoms with Crippen LogP contribution in [0.5, 0.6) is 0 Å². The van der Waals surface area contributed by atoms with Gasteiger partial charge < -0.3 is 15.1 Å². The minimum atomic E-state index is -0.249. The third-order valence-electron chi connectivity index (χ3n) is 6.21. The van der Waals surface area contributed by atoms with E-state index >= 15 is 0 Å². The van der Waals surface area contributed by atoms with E-state index in [-0.39, 0.29) is 17.6 Å². The van der Waals surface area contributed by atoms with Gasteiger partial charge in [-0.15, -0.1) is 0 Å². The first-order valence-electron chi connectivity index (χ1n) is 11.6. The highest BCUT2D eigenvalue weighted by atomic mass is 19.1. The standard InChI is InChI=1S/C28H25FN4O2/c1-19(34)30-21-12-10-20(11-13-21)26-18-23(22-6-2-4-8-25(22)31-26)28(35)33-16-14-32(15-17-33)27-9-5-3-7-24(27)29/h2-13,18H,14-17H2,1H3,(H,30,34). The third kappa shape index (κ3) is 4.71. The maximum absolute atomic E-state index is 14.2. The average Bonchev–Trinajstić information content (AvgIpc) is 2.88. The molecule has 7 heteroatoms. The second-order valence-corrected chi connectivity index (χ2v) is 8.56. The Morgan fingerprint density at radius 3 is 2.29 bits per heavy atom. The van der Waals surface area contributed by atoms with E-state index in [1.807, 2.05) is 70.5 Å². The molecule has 0 bridgehead atoms. The second-order valence-electron chi connectivity index (χ2n) is 8.56. The van der Waals surface area contributed by atoms with Crippen molar-refractivity contribution in [1.82, 2.24) is 9.88 Å². The number of hydrogen-bond donors (Lipinski definition) is 1. The topological polar surface area (TPSA) is 65.5 Å². The van der Waals surface area contributed by atoms with E-state index in [0.717, 1.165) is 16.5 Å². The maximum Gasteiger partial charge on any atom is 0.254 e. The number of para-hydroxylation sites is 2. The molecule has 1 N–H and O–H groups in total. The first-order chi connectivity index (χ1) is 17.0. The van der Waals surface area contributed by atoms with Crippen LogP contribution in [-0.2, 0) is 4.79 Å². The molecular formula is C28H25FN4O2. The van der Waals surface area contributed by atoms with Crippen molar-refractivity contribution in [3.63, 3.8) is 0 Å². The Hall–Kier alpha value is -4.26. The molecular weight excluding hydrogens is 443 g/mol. The number of hydrogen-bond acceptors (Lipinski definition) is 4. The summed E-state index contributed by atoms with van der Waals surface area (Å²) in [6.07, 6.45) is 0. The summed E-state index contributed by atoms with van der Waals surface area (Å²) < 4.78 is 14.2. The number of pyridine rings is 1. The number of rotatable bonds is 4. The number of amides is 2. The summed E-state index contributed by atoms with van der Waals surface area (Å²) in [7, 11) is 0. The molecule has 0 saturated carbocycles. The Morgan fingerprint density at radius 1 is 0.886 bits per heavy atom. The second kappa shape index (κ2) is 9.54. The monoisotopic (exact) mass is 468 g/mol. The molecule has 3 aromatic carbocycles. The molecule has 176 valence electrons. The van der Waals surface area contributed by atoms with E-state index in [4.69, 9.17) is 4.98 Å². The molecule has 1 aromatic heterocycles. The van der Waals surface area contributed by atoms with E-state index in [2.05, 4.69) is 5.32 Å². The Bertz CT molecular complexity index is 1400. The molecule has 35 heavy (non-hydrogen) atoms. The number of nitrogens with one attached hydrogen (secondary N) is 1. The Labute approximate surface area is 203 Å². The number of halogens is 1. The molecule has 0 radical (unpaired) electrons. The lowest BCUT2D eigenvalue weighted by Crippen LogP contribution is -2.49. The van der Waals surface area contributed by atoms with Crippen LogP contribution >= 0.6 is 0 Å². The summed E-state index contributed by atoms with van der Waals surface area (Å²) in [5.41, 5.74) is 4.14. The molecule has 6 nitrogen and oxygen atoms in total. The molecule has 0 spiro atoms. The van der Waals surface area contributed by atoms with Gasteiger partial charge in [-0.3, -0.25) is 9.59 Å². The van der Waals surface area contributed by atoms with Gasteiger partial charge in [-0.05, 0) is 36.4 Å². The van der Waals surface area contributed by atoms with Crippen molar-refractivity contribution in [2.24, 2.45) is 0 Å². The number of carbonyl (C=O) groups excluding carboxylic acids is 2. The zero-order valence-electron chi connectivity index (χ0n) is 19.4. The van der Waals surface area contributed by atoms with Gasteiger partial charge in [0.2, 0.25) is 5.91 Å². The number of benzene rings is 3. The number of aromatic nitrogens is 1. The van der Waals surface area contributed by atoms with Crippen molar-refractivity contribution < 1.29 is 14.0 Å². The summed E-state index contributed by atoms with van der Waals surface area (Å²) in [6.45, 7) is 3.60. The highest BCUT2D eigenvalue weighted by Gasteiger charge is 2.25. The smallest absolute Gasteiger partial charge is 0.254 e. The molecule has 0 aliphatic carbocycles. The lowest BCUT2D eigenvalue weighted by molar-refractivity contribution is -0.114. The van der Waals surface area contributed by atoms with Gasteiger partial charge in [-0.25, -0.2) is 9.37 Å². The quantitative estimate of drug-likeness (QED) is 0.460. The zero-order valence-corrected chi connectivity index (χ0v) is 19.4. The van der Waals surface area contributed by atoms with Crippen molar-refractivity contribution in [2.45, 2.75) is 6.92 Å². The van der Waals surface area contributed by atoms with Crippen LogP contribution in [0.15, 0.2) is 78.9 Å². The molecule has 2 heterocycles. The summed E-state index contributed by atoms with van der Waals surface area (Å²) >= 11 is 0. The minimum absolute atomic E-state index is 0.0621. The molecule has 2 amide bonds. The van der Waals surface area contributed by atoms with Gasteiger partial charge in [0, 0.05) is 49.7 Å². The van der Waals surface area contributed by atoms with Crippen LogP contribution in [-0.4, -0.2) is 47.9 Å². The van der Waals surface area contributed by atoms with Gasteiger partial charge >= 0.3 is 0 Å². The van der Waals surface area contributed by atoms with Crippen molar-refractivity contribution in [3.8, 4) is 11.3 Å². The van der Waals surface area contributed by atoms with Gasteiger partial charge in [0.1, 0.15) is 5.82 Å². The minimum Gasteiger partial charge on any atom is -0.366 e. The maximum atomic E-state index is 14.2. The van der Waals surface area contributed by atoms with Gasteiger partial charge in [0.25, 0.3) is 5.91 Å². The highest BCUT2D eigenvalue weighted by molar-refractivity contribution is 6.07. The molecule has 1 fully saturated rings. The Morgan fingerprint density at radius 2 is 1.57 bits per heavy atom. The zero-order chi connectivity index (χ0) is 24.4. The molecule has 1 aliphatic heterocycles. The highest BCUT2D eigenvalue weighted by Crippen LogP contribution is 2.28. The first kappa shape index (κ1) is 22.5. The summed E-state index contributed by atoms with van der Waals surface area (Å²) in [5.74, 6) is -0.445. The first-order valence-corrected chi connectivity index (χ1v) is 11.6. The number of nitrogens with zero attached hydrogens (tertiary/aromatic N) is 3. The van der Waals surface area contributed by atoms with E-state index in [1.54, 1.807) is 12.1 Å². The average molecular weight is 469 g/mol. The van der Waals surface area contributed by atoms with Crippen molar-refractivity contribution >= 4 is 34.1 Å². The van der Waals surface area contributed by atoms with Gasteiger partial charge in [-0.2, -0.15) is 0 Å². The van der Waals surface area contributed by atoms with E-state index in [1.165, 1.54) is 13.0 Å². The number of fused-ring (bicyclic) bond motifs is 1. The Kier molecular flexibility index (Phi) is 6.14. The normalized spacial score (nSPS) is 13.7. The van der Waals surface area contributed by atoms with Crippen molar-refractivity contribution in [2.75, 3.05) is 36.4 Å². The summed E-state index contributed by atoms with van der Waals surface area (Å²) in [5, 5.41) is 3.56. The molecule has 4 aromatic rings. The summed E-state index contributed by atoms with van der Waals surface area (Å²) in [4.78, 5) is 33.5. The van der Waals surface area contributed by atoms with Crippen LogP contribution < -0.4 is 10.2 Å². The summed E-state index contributed by atoms with van der Waals surface area (Å²) in [6, 6.07) is 23.6. The van der Waals surface area contributed by atoms with Gasteiger partial charge in [0.15, 0.2) is 0 Å². The molecule has 5 rings (SSSR count). The molecule has 0 unspecified atom stereocenters. The van der Waals surface area contributed by atoms with Gasteiger partial charge in [-0.1, -0.05) is 42.5 Å². The van der Waals surface area contributed by atoms with Crippen LogP contribution in [0.4, 0.5) is 15.8 Å². The Balaban J connectivity index is 1.42. The van der Waals surface area contributed by atoms with E-state index in [9.17, 15) is 14.0 Å². The van der Waals surface area contributed by atoms with Crippen molar-refractivity contribution in [1.29, 1.82) is 0 Å². The fraction of sp³-hybridized carbons (Fsp3) is 0.179. The lowest BCUT2D eigenvalue weighted by Gasteiger charge is -2.36. The predicted octanol–water partition coefficient (Wildman–Crippen LogP) is 4.96. The van der Waals surface area contributed by atoms with E-state index < -0.39 is 0 Å². The number of anilines is 2. The fourth-order valence-electron chi connectivity index (χ4n) is 4.46. The predicted molar refractivity (Wildman–Crippen MR) is 136 cm³/mol. The van der Waals surface area contributed by atoms with E-state index in [0.29, 0.717) is 48.8 Å². The molecule has 1 aliphatic rings. The third-order valence-corrected chi connectivity index (χ3v) is 6.21. The number of carbonyl (C=O) groups is 2. The van der Waals surface area contributed by atoms with Crippen LogP contribution in [0.25, 0.3) is 22.2 Å². The van der Waals surface area contributed by atoms with Crippen LogP contribution in [0.3, 0.4) is 0 Å². The van der Waals surface area contributed by atoms with Crippen LogP contribution in [0.2, 0.25) is 0 Å². The largest absolute Gasteiger partial charge is 0.366 e. The fourth-order valence-corrected chi connectivity index (χ4v) is 4.46. The number of piperazine rings is 1. The van der Waals surface area contributed by atoms with Gasteiger partial charge in [0.05, 0.1) is 22.5 Å². The lowest BCUT2D eigenvalue weighted by atomic mass is 10.0. The molecule has 0 atom stereocenters. The molecule has 1 saturated heterocycles. The SMILES string of the molecule is CC(=O)Nc1ccc(-c2cc(C(=O)N3CCN(c4ccccc4F)CC3)c3ccccc3n2)cc1. The van der Waals surface area contributed by atoms with Crippen molar-refractivity contribution in [3.05, 3.63) is 90.2 Å².